The van der Waals surface area contributed by atoms with E-state index in [0.717, 1.165) is 12.1 Å². The molecule has 2 rings (SSSR count). The van der Waals surface area contributed by atoms with E-state index in [1.807, 2.05) is 0 Å². The van der Waals surface area contributed by atoms with E-state index in [-0.39, 0.29) is 0 Å². The lowest BCUT2D eigenvalue weighted by Crippen LogP contribution is -2.30. The molecule has 2 nitrogen and oxygen atoms in total. The predicted molar refractivity (Wildman–Crippen MR) is 60.5 cm³/mol. The molecule has 0 aromatic carbocycles. The van der Waals surface area contributed by atoms with Crippen LogP contribution in [0.5, 0.6) is 0 Å². The number of rotatable bonds is 6. The summed E-state index contributed by atoms with van der Waals surface area (Å²) < 4.78 is 0. The zero-order chi connectivity index (χ0) is 9.80. The van der Waals surface area contributed by atoms with Gasteiger partial charge in [0.1, 0.15) is 0 Å². The van der Waals surface area contributed by atoms with E-state index in [1.54, 1.807) is 0 Å². The smallest absolute Gasteiger partial charge is 0.00933 e. The van der Waals surface area contributed by atoms with Gasteiger partial charge in [-0.2, -0.15) is 0 Å². The SMILES string of the molecule is CN(CCCNC1CCCC1)C1CC1. The van der Waals surface area contributed by atoms with Crippen LogP contribution in [0.2, 0.25) is 0 Å². The Balaban J connectivity index is 1.46. The Morgan fingerprint density at radius 3 is 2.50 bits per heavy atom. The molecule has 0 atom stereocenters. The lowest BCUT2D eigenvalue weighted by molar-refractivity contribution is 0.314. The molecule has 0 unspecified atom stereocenters. The van der Waals surface area contributed by atoms with Crippen molar-refractivity contribution in [2.45, 2.75) is 57.0 Å². The van der Waals surface area contributed by atoms with Gasteiger partial charge in [0.25, 0.3) is 0 Å². The van der Waals surface area contributed by atoms with Crippen LogP contribution in [0.15, 0.2) is 0 Å². The second-order valence-corrected chi connectivity index (χ2v) is 5.00. The molecule has 2 saturated carbocycles. The summed E-state index contributed by atoms with van der Waals surface area (Å²) in [5.41, 5.74) is 0. The molecule has 0 amide bonds. The molecule has 0 bridgehead atoms. The molecular weight excluding hydrogens is 172 g/mol. The van der Waals surface area contributed by atoms with Gasteiger partial charge in [-0.1, -0.05) is 12.8 Å². The Morgan fingerprint density at radius 2 is 1.86 bits per heavy atom. The van der Waals surface area contributed by atoms with E-state index in [0.29, 0.717) is 0 Å². The zero-order valence-electron chi connectivity index (χ0n) is 9.47. The van der Waals surface area contributed by atoms with Gasteiger partial charge in [-0.3, -0.25) is 0 Å². The van der Waals surface area contributed by atoms with Crippen molar-refractivity contribution in [2.75, 3.05) is 20.1 Å². The van der Waals surface area contributed by atoms with Crippen LogP contribution in [-0.4, -0.2) is 37.1 Å². The van der Waals surface area contributed by atoms with Crippen LogP contribution in [0, 0.1) is 0 Å². The first-order valence-electron chi connectivity index (χ1n) is 6.30. The molecule has 2 fully saturated rings. The normalized spacial score (nSPS) is 23.6. The molecule has 0 aliphatic heterocycles. The molecule has 82 valence electrons. The van der Waals surface area contributed by atoms with Crippen LogP contribution in [0.25, 0.3) is 0 Å². The highest BCUT2D eigenvalue weighted by Gasteiger charge is 2.25. The summed E-state index contributed by atoms with van der Waals surface area (Å²) in [6.07, 6.45) is 9.92. The van der Waals surface area contributed by atoms with Crippen molar-refractivity contribution in [3.63, 3.8) is 0 Å². The molecule has 0 aromatic rings. The second-order valence-electron chi connectivity index (χ2n) is 5.00. The largest absolute Gasteiger partial charge is 0.314 e. The van der Waals surface area contributed by atoms with Gasteiger partial charge in [-0.05, 0) is 52.2 Å². The predicted octanol–water partition coefficient (Wildman–Crippen LogP) is 2.00. The van der Waals surface area contributed by atoms with Gasteiger partial charge in [0.15, 0.2) is 0 Å². The van der Waals surface area contributed by atoms with Crippen LogP contribution < -0.4 is 5.32 Å². The fraction of sp³-hybridized carbons (Fsp3) is 1.00. The maximum Gasteiger partial charge on any atom is 0.00933 e. The summed E-state index contributed by atoms with van der Waals surface area (Å²) in [5, 5.41) is 3.67. The summed E-state index contributed by atoms with van der Waals surface area (Å²) >= 11 is 0. The summed E-state index contributed by atoms with van der Waals surface area (Å²) in [7, 11) is 2.27. The molecule has 2 aliphatic rings. The minimum atomic E-state index is 0.848. The van der Waals surface area contributed by atoms with Gasteiger partial charge < -0.3 is 10.2 Å². The Labute approximate surface area is 88.1 Å². The highest BCUT2D eigenvalue weighted by atomic mass is 15.1. The van der Waals surface area contributed by atoms with Gasteiger partial charge in [0, 0.05) is 12.1 Å². The zero-order valence-corrected chi connectivity index (χ0v) is 9.47. The van der Waals surface area contributed by atoms with Crippen molar-refractivity contribution < 1.29 is 0 Å². The molecule has 14 heavy (non-hydrogen) atoms. The van der Waals surface area contributed by atoms with Crippen molar-refractivity contribution in [3.8, 4) is 0 Å². The van der Waals surface area contributed by atoms with Crippen molar-refractivity contribution in [1.82, 2.24) is 10.2 Å². The van der Waals surface area contributed by atoms with E-state index < -0.39 is 0 Å². The first-order valence-corrected chi connectivity index (χ1v) is 6.30. The fourth-order valence-corrected chi connectivity index (χ4v) is 2.46. The Morgan fingerprint density at radius 1 is 1.14 bits per heavy atom. The minimum absolute atomic E-state index is 0.848. The third-order valence-electron chi connectivity index (χ3n) is 3.65. The fourth-order valence-electron chi connectivity index (χ4n) is 2.46. The molecule has 0 radical (unpaired) electrons. The Bertz CT molecular complexity index is 156. The third-order valence-corrected chi connectivity index (χ3v) is 3.65. The quantitative estimate of drug-likeness (QED) is 0.654. The number of hydrogen-bond donors (Lipinski definition) is 1. The maximum absolute atomic E-state index is 3.67. The third kappa shape index (κ3) is 3.25. The van der Waals surface area contributed by atoms with E-state index in [4.69, 9.17) is 0 Å². The van der Waals surface area contributed by atoms with Crippen LogP contribution in [0.4, 0.5) is 0 Å². The van der Waals surface area contributed by atoms with Gasteiger partial charge in [-0.15, -0.1) is 0 Å². The standard InChI is InChI=1S/C12H24N2/c1-14(12-7-8-12)10-4-9-13-11-5-2-3-6-11/h11-13H,2-10H2,1H3. The monoisotopic (exact) mass is 196 g/mol. The van der Waals surface area contributed by atoms with E-state index in [9.17, 15) is 0 Å². The summed E-state index contributed by atoms with van der Waals surface area (Å²) in [4.78, 5) is 2.52. The first kappa shape index (κ1) is 10.4. The first-order chi connectivity index (χ1) is 6.86. The van der Waals surface area contributed by atoms with Gasteiger partial charge >= 0.3 is 0 Å². The van der Waals surface area contributed by atoms with Gasteiger partial charge in [0.2, 0.25) is 0 Å². The summed E-state index contributed by atoms with van der Waals surface area (Å²) in [5.74, 6) is 0. The highest BCUT2D eigenvalue weighted by molar-refractivity contribution is 4.82. The van der Waals surface area contributed by atoms with E-state index >= 15 is 0 Å². The van der Waals surface area contributed by atoms with Crippen molar-refractivity contribution in [1.29, 1.82) is 0 Å². The molecule has 0 spiro atoms. The van der Waals surface area contributed by atoms with Crippen molar-refractivity contribution in [2.24, 2.45) is 0 Å². The number of nitrogens with zero attached hydrogens (tertiary/aromatic N) is 1. The number of nitrogens with one attached hydrogen (secondary N) is 1. The maximum atomic E-state index is 3.67. The average Bonchev–Trinajstić information content (AvgIpc) is 2.92. The lowest BCUT2D eigenvalue weighted by Gasteiger charge is -2.17. The molecular formula is C12H24N2. The second kappa shape index (κ2) is 5.13. The molecule has 0 heterocycles. The molecule has 0 saturated heterocycles. The minimum Gasteiger partial charge on any atom is -0.314 e. The molecule has 0 aromatic heterocycles. The van der Waals surface area contributed by atoms with Crippen molar-refractivity contribution >= 4 is 0 Å². The topological polar surface area (TPSA) is 15.3 Å². The Kier molecular flexibility index (Phi) is 3.82. The van der Waals surface area contributed by atoms with E-state index in [1.165, 1.54) is 58.0 Å². The molecule has 2 heteroatoms. The lowest BCUT2D eigenvalue weighted by atomic mass is 10.2. The summed E-state index contributed by atoms with van der Waals surface area (Å²) in [6, 6.07) is 1.78. The van der Waals surface area contributed by atoms with E-state index in [2.05, 4.69) is 17.3 Å². The average molecular weight is 196 g/mol. The molecule has 2 aliphatic carbocycles. The van der Waals surface area contributed by atoms with Crippen LogP contribution in [0.1, 0.15) is 44.9 Å². The van der Waals surface area contributed by atoms with Crippen molar-refractivity contribution in [3.05, 3.63) is 0 Å². The van der Waals surface area contributed by atoms with Crippen LogP contribution in [0.3, 0.4) is 0 Å². The number of hydrogen-bond acceptors (Lipinski definition) is 2. The van der Waals surface area contributed by atoms with Crippen LogP contribution >= 0.6 is 0 Å². The highest BCUT2D eigenvalue weighted by Crippen LogP contribution is 2.25. The summed E-state index contributed by atoms with van der Waals surface area (Å²) in [6.45, 7) is 2.51. The molecule has 1 N–H and O–H groups in total. The van der Waals surface area contributed by atoms with Gasteiger partial charge in [-0.25, -0.2) is 0 Å². The van der Waals surface area contributed by atoms with Crippen LogP contribution in [-0.2, 0) is 0 Å². The van der Waals surface area contributed by atoms with Gasteiger partial charge in [0.05, 0.1) is 0 Å². The Hall–Kier alpha value is -0.0800.